The van der Waals surface area contributed by atoms with Crippen LogP contribution in [0.25, 0.3) is 0 Å². The summed E-state index contributed by atoms with van der Waals surface area (Å²) in [5.74, 6) is -2.28. The van der Waals surface area contributed by atoms with Gasteiger partial charge in [0.05, 0.1) is 18.9 Å². The highest BCUT2D eigenvalue weighted by Gasteiger charge is 2.23. The van der Waals surface area contributed by atoms with Crippen LogP contribution in [-0.2, 0) is 16.4 Å². The van der Waals surface area contributed by atoms with Crippen LogP contribution >= 0.6 is 0 Å². The number of carbonyl (C=O) groups is 1. The fraction of sp³-hybridized carbons (Fsp3) is 0.143. The van der Waals surface area contributed by atoms with Crippen LogP contribution in [0.15, 0.2) is 65.8 Å². The fourth-order valence-corrected chi connectivity index (χ4v) is 4.10. The van der Waals surface area contributed by atoms with Crippen molar-refractivity contribution < 1.29 is 26.7 Å². The zero-order chi connectivity index (χ0) is 22.4. The molecule has 1 amide bonds. The monoisotopic (exact) mass is 447 g/mol. The highest BCUT2D eigenvalue weighted by atomic mass is 32.2. The highest BCUT2D eigenvalue weighted by molar-refractivity contribution is 7.92. The van der Waals surface area contributed by atoms with Crippen LogP contribution < -0.4 is 14.8 Å². The number of hydrogen-bond donors (Lipinski definition) is 2. The average Bonchev–Trinajstić information content (AvgIpc) is 2.76. The van der Waals surface area contributed by atoms with Gasteiger partial charge in [-0.2, -0.15) is 0 Å². The molecule has 1 heterocycles. The van der Waals surface area contributed by atoms with Gasteiger partial charge in [0, 0.05) is 18.8 Å². The Morgan fingerprint density at radius 1 is 1.10 bits per heavy atom. The van der Waals surface area contributed by atoms with Gasteiger partial charge >= 0.3 is 0 Å². The molecule has 162 valence electrons. The molecular weight excluding hydrogens is 428 g/mol. The summed E-state index contributed by atoms with van der Waals surface area (Å²) in [6.07, 6.45) is 2.98. The van der Waals surface area contributed by atoms with Crippen molar-refractivity contribution in [2.45, 2.75) is 11.3 Å². The number of benzene rings is 2. The molecule has 0 fully saturated rings. The smallest absolute Gasteiger partial charge is 0.262 e. The molecule has 2 N–H and O–H groups in total. The maximum absolute atomic E-state index is 13.3. The molecule has 0 unspecified atom stereocenters. The zero-order valence-electron chi connectivity index (χ0n) is 16.4. The molecule has 2 aromatic carbocycles. The largest absolute Gasteiger partial charge is 0.494 e. The predicted molar refractivity (Wildman–Crippen MR) is 110 cm³/mol. The van der Waals surface area contributed by atoms with E-state index in [0.717, 1.165) is 12.1 Å². The summed E-state index contributed by atoms with van der Waals surface area (Å²) < 4.78 is 59.6. The normalized spacial score (nSPS) is 11.1. The van der Waals surface area contributed by atoms with Gasteiger partial charge in [0.15, 0.2) is 11.6 Å². The zero-order valence-corrected chi connectivity index (χ0v) is 17.2. The molecule has 10 heteroatoms. The minimum absolute atomic E-state index is 0.0665. The Labute approximate surface area is 178 Å². The molecule has 7 nitrogen and oxygen atoms in total. The lowest BCUT2D eigenvalue weighted by Crippen LogP contribution is -2.28. The van der Waals surface area contributed by atoms with Crippen molar-refractivity contribution >= 4 is 21.6 Å². The first kappa shape index (κ1) is 22.2. The van der Waals surface area contributed by atoms with E-state index in [-0.39, 0.29) is 34.9 Å². The molecule has 0 saturated heterocycles. The minimum atomic E-state index is -4.13. The van der Waals surface area contributed by atoms with E-state index in [9.17, 15) is 22.0 Å². The maximum atomic E-state index is 13.3. The van der Waals surface area contributed by atoms with Crippen molar-refractivity contribution in [3.63, 3.8) is 0 Å². The average molecular weight is 447 g/mol. The lowest BCUT2D eigenvalue weighted by Gasteiger charge is -2.14. The van der Waals surface area contributed by atoms with Gasteiger partial charge in [0.2, 0.25) is 0 Å². The minimum Gasteiger partial charge on any atom is -0.494 e. The Morgan fingerprint density at radius 3 is 2.61 bits per heavy atom. The fourth-order valence-electron chi connectivity index (χ4n) is 2.84. The van der Waals surface area contributed by atoms with E-state index in [0.29, 0.717) is 5.56 Å². The number of hydrogen-bond acceptors (Lipinski definition) is 5. The molecule has 0 radical (unpaired) electrons. The summed E-state index contributed by atoms with van der Waals surface area (Å²) in [5.41, 5.74) is 0.548. The third kappa shape index (κ3) is 5.34. The Bertz CT molecular complexity index is 1200. The number of amides is 1. The van der Waals surface area contributed by atoms with Gasteiger partial charge in [0.25, 0.3) is 15.9 Å². The Hall–Kier alpha value is -3.53. The van der Waals surface area contributed by atoms with Gasteiger partial charge in [-0.3, -0.25) is 14.5 Å². The van der Waals surface area contributed by atoms with Crippen molar-refractivity contribution in [2.24, 2.45) is 0 Å². The lowest BCUT2D eigenvalue weighted by atomic mass is 10.1. The first-order valence-electron chi connectivity index (χ1n) is 9.14. The number of ether oxygens (including phenoxy) is 1. The van der Waals surface area contributed by atoms with Crippen molar-refractivity contribution in [3.8, 4) is 5.75 Å². The van der Waals surface area contributed by atoms with Gasteiger partial charge in [0.1, 0.15) is 16.3 Å². The van der Waals surface area contributed by atoms with Gasteiger partial charge in [-0.05, 0) is 36.2 Å². The molecule has 0 bridgehead atoms. The van der Waals surface area contributed by atoms with Crippen LogP contribution in [-0.4, -0.2) is 33.0 Å². The number of methoxy groups -OCH3 is 1. The second-order valence-electron chi connectivity index (χ2n) is 6.43. The van der Waals surface area contributed by atoms with Crippen molar-refractivity contribution in [3.05, 3.63) is 83.7 Å². The van der Waals surface area contributed by atoms with E-state index in [2.05, 4.69) is 15.0 Å². The number of carbonyl (C=O) groups excluding carboxylic acids is 1. The number of nitrogens with one attached hydrogen (secondary N) is 2. The third-order valence-electron chi connectivity index (χ3n) is 4.35. The van der Waals surface area contributed by atoms with Crippen LogP contribution in [0.3, 0.4) is 0 Å². The van der Waals surface area contributed by atoms with Crippen molar-refractivity contribution in [1.82, 2.24) is 10.3 Å². The van der Waals surface area contributed by atoms with Gasteiger partial charge in [-0.15, -0.1) is 0 Å². The summed E-state index contributed by atoms with van der Waals surface area (Å²) in [7, 11) is -2.74. The second-order valence-corrected chi connectivity index (χ2v) is 8.08. The van der Waals surface area contributed by atoms with Gasteiger partial charge < -0.3 is 10.1 Å². The van der Waals surface area contributed by atoms with Crippen molar-refractivity contribution in [1.29, 1.82) is 0 Å². The van der Waals surface area contributed by atoms with E-state index in [1.807, 2.05) is 0 Å². The van der Waals surface area contributed by atoms with Crippen molar-refractivity contribution in [2.75, 3.05) is 18.4 Å². The lowest BCUT2D eigenvalue weighted by molar-refractivity contribution is 0.0951. The van der Waals surface area contributed by atoms with E-state index < -0.39 is 27.6 Å². The number of halogens is 2. The first-order chi connectivity index (χ1) is 14.8. The predicted octanol–water partition coefficient (Wildman–Crippen LogP) is 3.14. The molecule has 0 atom stereocenters. The number of sulfonamides is 1. The summed E-state index contributed by atoms with van der Waals surface area (Å²) in [6.45, 7) is 0.0993. The van der Waals surface area contributed by atoms with Crippen LogP contribution in [0.5, 0.6) is 5.75 Å². The van der Waals surface area contributed by atoms with E-state index in [1.165, 1.54) is 55.9 Å². The molecule has 1 aromatic heterocycles. The number of nitrogens with zero attached hydrogens (tertiary/aromatic N) is 1. The van der Waals surface area contributed by atoms with E-state index in [1.54, 1.807) is 0 Å². The van der Waals surface area contributed by atoms with Crippen LogP contribution in [0.4, 0.5) is 14.5 Å². The number of pyridine rings is 1. The Morgan fingerprint density at radius 2 is 1.87 bits per heavy atom. The molecule has 0 saturated carbocycles. The van der Waals surface area contributed by atoms with Gasteiger partial charge in [-0.1, -0.05) is 18.2 Å². The number of rotatable bonds is 8. The van der Waals surface area contributed by atoms with Crippen LogP contribution in [0.1, 0.15) is 15.9 Å². The number of anilines is 1. The molecule has 3 aromatic rings. The first-order valence-corrected chi connectivity index (χ1v) is 10.6. The topological polar surface area (TPSA) is 97.4 Å². The molecule has 3 rings (SSSR count). The Kier molecular flexibility index (Phi) is 6.81. The van der Waals surface area contributed by atoms with E-state index in [4.69, 9.17) is 4.74 Å². The quantitative estimate of drug-likeness (QED) is 0.553. The molecule has 0 aliphatic carbocycles. The van der Waals surface area contributed by atoms with Crippen LogP contribution in [0, 0.1) is 11.6 Å². The highest BCUT2D eigenvalue weighted by Crippen LogP contribution is 2.26. The SMILES string of the molecule is COc1ccncc1NS(=O)(=O)c1ccccc1C(=O)NCCc1ccc(F)c(F)c1. The third-order valence-corrected chi connectivity index (χ3v) is 5.77. The molecule has 0 spiro atoms. The summed E-state index contributed by atoms with van der Waals surface area (Å²) >= 11 is 0. The Balaban J connectivity index is 1.75. The standard InChI is InChI=1S/C21H19F2N3O4S/c1-30-19-9-10-24-13-18(19)26-31(28,29)20-5-3-2-4-15(20)21(27)25-11-8-14-6-7-16(22)17(23)12-14/h2-7,9-10,12-13,26H,8,11H2,1H3,(H,25,27). The molecule has 0 aliphatic rings. The molecule has 31 heavy (non-hydrogen) atoms. The molecular formula is C21H19F2N3O4S. The second kappa shape index (κ2) is 9.52. The van der Waals surface area contributed by atoms with Gasteiger partial charge in [-0.25, -0.2) is 17.2 Å². The van der Waals surface area contributed by atoms with E-state index >= 15 is 0 Å². The summed E-state index contributed by atoms with van der Waals surface area (Å²) in [5, 5.41) is 2.60. The molecule has 0 aliphatic heterocycles. The number of aromatic nitrogens is 1. The maximum Gasteiger partial charge on any atom is 0.262 e. The summed E-state index contributed by atoms with van der Waals surface area (Å²) in [6, 6.07) is 10.7. The van der Waals surface area contributed by atoms with Crippen LogP contribution in [0.2, 0.25) is 0 Å². The summed E-state index contributed by atoms with van der Waals surface area (Å²) in [4.78, 5) is 16.3.